The van der Waals surface area contributed by atoms with Crippen LogP contribution in [0, 0.1) is 0 Å². The minimum absolute atomic E-state index is 0.0381. The summed E-state index contributed by atoms with van der Waals surface area (Å²) in [5, 5.41) is 8.65. The van der Waals surface area contributed by atoms with Crippen molar-refractivity contribution < 1.29 is 14.7 Å². The maximum Gasteiger partial charge on any atom is 0.304 e. The Hall–Kier alpha value is -1.16. The number of carboxylic acids is 1. The summed E-state index contributed by atoms with van der Waals surface area (Å²) in [4.78, 5) is 21.8. The molecule has 0 aliphatic heterocycles. The van der Waals surface area contributed by atoms with Gasteiger partial charge in [0, 0.05) is 5.56 Å². The molecule has 0 fully saturated rings. The van der Waals surface area contributed by atoms with Gasteiger partial charge in [-0.05, 0) is 11.0 Å². The lowest BCUT2D eigenvalue weighted by Crippen LogP contribution is -2.18. The number of aliphatic carboxylic acids is 1. The number of carbonyl (C=O) groups excluding carboxylic acids is 1. The van der Waals surface area contributed by atoms with E-state index in [9.17, 15) is 9.59 Å². The van der Waals surface area contributed by atoms with Gasteiger partial charge in [0.1, 0.15) is 0 Å². The smallest absolute Gasteiger partial charge is 0.304 e. The normalized spacial score (nSPS) is 13.1. The number of hydrogen-bond donors (Lipinski definition) is 1. The van der Waals surface area contributed by atoms with Gasteiger partial charge >= 0.3 is 5.97 Å². The number of carbonyl (C=O) groups is 2. The summed E-state index contributed by atoms with van der Waals surface area (Å²) in [6, 6.07) is 7.32. The third-order valence-corrected chi connectivity index (χ3v) is 3.41. The summed E-state index contributed by atoms with van der Waals surface area (Å²) in [6.07, 6.45) is -0.208. The monoisotopic (exact) mass is 312 g/mol. The highest BCUT2D eigenvalue weighted by molar-refractivity contribution is 9.10. The van der Waals surface area contributed by atoms with E-state index < -0.39 is 10.8 Å². The molecule has 0 heterocycles. The Morgan fingerprint density at radius 2 is 1.72 bits per heavy atom. The molecule has 1 N–H and O–H groups in total. The lowest BCUT2D eigenvalue weighted by atomic mass is 9.86. The van der Waals surface area contributed by atoms with Crippen molar-refractivity contribution in [2.45, 2.75) is 37.4 Å². The van der Waals surface area contributed by atoms with Crippen LogP contribution in [0.3, 0.4) is 0 Å². The molecular formula is C14H17BrO3. The van der Waals surface area contributed by atoms with E-state index in [-0.39, 0.29) is 17.6 Å². The number of rotatable bonds is 4. The first-order valence-electron chi connectivity index (χ1n) is 5.72. The Kier molecular flexibility index (Phi) is 4.68. The third-order valence-electron chi connectivity index (χ3n) is 2.67. The van der Waals surface area contributed by atoms with Gasteiger partial charge in [0.15, 0.2) is 5.78 Å². The van der Waals surface area contributed by atoms with Crippen LogP contribution in [0.2, 0.25) is 0 Å². The van der Waals surface area contributed by atoms with Crippen LogP contribution < -0.4 is 0 Å². The molecule has 1 aromatic carbocycles. The number of Topliss-reactive ketones (excluding diaryl/α,β-unsaturated/α-hetero) is 1. The maximum atomic E-state index is 11.9. The summed E-state index contributed by atoms with van der Waals surface area (Å²) < 4.78 is 0. The molecule has 0 amide bonds. The molecule has 0 aliphatic carbocycles. The molecule has 0 saturated carbocycles. The maximum absolute atomic E-state index is 11.9. The topological polar surface area (TPSA) is 54.4 Å². The quantitative estimate of drug-likeness (QED) is 0.684. The SMILES string of the molecule is CC(C)(C)c1ccc(C(=O)C(Br)CC(=O)O)cc1. The van der Waals surface area contributed by atoms with Crippen LogP contribution in [0.1, 0.15) is 43.1 Å². The van der Waals surface area contributed by atoms with Crippen LogP contribution >= 0.6 is 15.9 Å². The van der Waals surface area contributed by atoms with E-state index in [1.165, 1.54) is 0 Å². The van der Waals surface area contributed by atoms with Gasteiger partial charge in [0.25, 0.3) is 0 Å². The molecule has 4 heteroatoms. The average Bonchev–Trinajstić information content (AvgIpc) is 2.26. The van der Waals surface area contributed by atoms with Crippen LogP contribution in [0.25, 0.3) is 0 Å². The van der Waals surface area contributed by atoms with Crippen molar-refractivity contribution >= 4 is 27.7 Å². The van der Waals surface area contributed by atoms with Crippen LogP contribution in [-0.4, -0.2) is 21.7 Å². The zero-order valence-corrected chi connectivity index (χ0v) is 12.3. The highest BCUT2D eigenvalue weighted by Gasteiger charge is 2.20. The number of hydrogen-bond acceptors (Lipinski definition) is 2. The Labute approximate surface area is 115 Å². The second-order valence-electron chi connectivity index (χ2n) is 5.26. The Morgan fingerprint density at radius 1 is 1.22 bits per heavy atom. The van der Waals surface area contributed by atoms with E-state index in [0.717, 1.165) is 5.56 Å². The van der Waals surface area contributed by atoms with Crippen LogP contribution in [0.15, 0.2) is 24.3 Å². The van der Waals surface area contributed by atoms with Gasteiger partial charge in [-0.3, -0.25) is 9.59 Å². The number of halogens is 1. The molecule has 3 nitrogen and oxygen atoms in total. The van der Waals surface area contributed by atoms with E-state index in [4.69, 9.17) is 5.11 Å². The van der Waals surface area contributed by atoms with Gasteiger partial charge in [0.05, 0.1) is 11.2 Å². The fraction of sp³-hybridized carbons (Fsp3) is 0.429. The second kappa shape index (κ2) is 5.65. The molecule has 98 valence electrons. The summed E-state index contributed by atoms with van der Waals surface area (Å²) in [5.74, 6) is -1.19. The zero-order chi connectivity index (χ0) is 13.9. The molecule has 0 bridgehead atoms. The Bertz CT molecular complexity index is 443. The average molecular weight is 313 g/mol. The second-order valence-corrected chi connectivity index (χ2v) is 6.36. The number of benzene rings is 1. The summed E-state index contributed by atoms with van der Waals surface area (Å²) in [6.45, 7) is 6.30. The molecule has 18 heavy (non-hydrogen) atoms. The van der Waals surface area contributed by atoms with Gasteiger partial charge in [-0.15, -0.1) is 0 Å². The van der Waals surface area contributed by atoms with E-state index in [0.29, 0.717) is 5.56 Å². The van der Waals surface area contributed by atoms with Crippen molar-refractivity contribution in [2.75, 3.05) is 0 Å². The zero-order valence-electron chi connectivity index (χ0n) is 10.7. The van der Waals surface area contributed by atoms with E-state index in [1.54, 1.807) is 12.1 Å². The van der Waals surface area contributed by atoms with Crippen molar-refractivity contribution in [3.05, 3.63) is 35.4 Å². The summed E-state index contributed by atoms with van der Waals surface area (Å²) in [7, 11) is 0. The number of carboxylic acid groups (broad SMARTS) is 1. The predicted octanol–water partition coefficient (Wildman–Crippen LogP) is 3.41. The van der Waals surface area contributed by atoms with Crippen molar-refractivity contribution in [3.63, 3.8) is 0 Å². The van der Waals surface area contributed by atoms with Crippen LogP contribution in [0.5, 0.6) is 0 Å². The van der Waals surface area contributed by atoms with Crippen LogP contribution in [-0.2, 0) is 10.2 Å². The van der Waals surface area contributed by atoms with Gasteiger partial charge in [0.2, 0.25) is 0 Å². The van der Waals surface area contributed by atoms with Crippen molar-refractivity contribution in [1.82, 2.24) is 0 Å². The minimum Gasteiger partial charge on any atom is -0.481 e. The minimum atomic E-state index is -0.989. The fourth-order valence-corrected chi connectivity index (χ4v) is 2.10. The standard InChI is InChI=1S/C14H17BrO3/c1-14(2,3)10-6-4-9(5-7-10)13(18)11(15)8-12(16)17/h4-7,11H,8H2,1-3H3,(H,16,17). The van der Waals surface area contributed by atoms with Gasteiger partial charge in [-0.25, -0.2) is 0 Å². The third kappa shape index (κ3) is 3.95. The van der Waals surface area contributed by atoms with E-state index in [2.05, 4.69) is 36.7 Å². The Morgan fingerprint density at radius 3 is 2.11 bits per heavy atom. The molecule has 0 saturated heterocycles. The van der Waals surface area contributed by atoms with Crippen molar-refractivity contribution in [1.29, 1.82) is 0 Å². The van der Waals surface area contributed by atoms with Crippen molar-refractivity contribution in [2.24, 2.45) is 0 Å². The van der Waals surface area contributed by atoms with Gasteiger partial charge in [-0.1, -0.05) is 61.0 Å². The first kappa shape index (κ1) is 14.9. The molecule has 0 radical (unpaired) electrons. The molecular weight excluding hydrogens is 296 g/mol. The molecule has 1 aromatic rings. The van der Waals surface area contributed by atoms with Crippen LogP contribution in [0.4, 0.5) is 0 Å². The number of ketones is 1. The lowest BCUT2D eigenvalue weighted by Gasteiger charge is -2.19. The summed E-state index contributed by atoms with van der Waals surface area (Å²) in [5.41, 5.74) is 1.71. The highest BCUT2D eigenvalue weighted by Crippen LogP contribution is 2.23. The first-order valence-corrected chi connectivity index (χ1v) is 6.64. The molecule has 0 spiro atoms. The molecule has 1 unspecified atom stereocenters. The highest BCUT2D eigenvalue weighted by atomic mass is 79.9. The van der Waals surface area contributed by atoms with Gasteiger partial charge < -0.3 is 5.11 Å². The largest absolute Gasteiger partial charge is 0.481 e. The van der Waals surface area contributed by atoms with E-state index in [1.807, 2.05) is 12.1 Å². The molecule has 0 aromatic heterocycles. The fourth-order valence-electron chi connectivity index (χ4n) is 1.56. The van der Waals surface area contributed by atoms with Crippen molar-refractivity contribution in [3.8, 4) is 0 Å². The van der Waals surface area contributed by atoms with Gasteiger partial charge in [-0.2, -0.15) is 0 Å². The Balaban J connectivity index is 2.85. The molecule has 0 aliphatic rings. The molecule has 1 atom stereocenters. The lowest BCUT2D eigenvalue weighted by molar-refractivity contribution is -0.136. The van der Waals surface area contributed by atoms with E-state index >= 15 is 0 Å². The predicted molar refractivity (Wildman–Crippen MR) is 74.4 cm³/mol. The number of alkyl halides is 1. The summed E-state index contributed by atoms with van der Waals surface area (Å²) >= 11 is 3.11. The first-order chi connectivity index (χ1) is 8.21. The molecule has 1 rings (SSSR count).